The van der Waals surface area contributed by atoms with Crippen LogP contribution < -0.4 is 5.73 Å². The third-order valence-electron chi connectivity index (χ3n) is 2.82. The summed E-state index contributed by atoms with van der Waals surface area (Å²) >= 11 is 0. The summed E-state index contributed by atoms with van der Waals surface area (Å²) in [4.78, 5) is 10.4. The molecular weight excluding hydrogens is 346 g/mol. The zero-order valence-corrected chi connectivity index (χ0v) is 15.9. The summed E-state index contributed by atoms with van der Waals surface area (Å²) in [5, 5.41) is 0. The van der Waals surface area contributed by atoms with E-state index < -0.39 is 5.91 Å². The van der Waals surface area contributed by atoms with Crippen molar-refractivity contribution < 1.29 is 38.0 Å². The highest BCUT2D eigenvalue weighted by Crippen LogP contribution is 1.85. The Hall–Kier alpha value is -0.810. The third kappa shape index (κ3) is 23.2. The Morgan fingerprint density at radius 3 is 1.08 bits per heavy atom. The van der Waals surface area contributed by atoms with Gasteiger partial charge in [0, 0.05) is 6.61 Å². The normalized spacial score (nSPS) is 11.1. The lowest BCUT2D eigenvalue weighted by molar-refractivity contribution is -0.123. The molecule has 9 nitrogen and oxygen atoms in total. The Morgan fingerprint density at radius 2 is 0.808 bits per heavy atom. The van der Waals surface area contributed by atoms with Crippen molar-refractivity contribution in [2.75, 3.05) is 92.5 Å². The maximum Gasteiger partial charge on any atom is 0.243 e. The van der Waals surface area contributed by atoms with Gasteiger partial charge in [-0.1, -0.05) is 6.92 Å². The van der Waals surface area contributed by atoms with Crippen LogP contribution in [0.4, 0.5) is 0 Å². The topological polar surface area (TPSA) is 108 Å². The molecule has 156 valence electrons. The summed E-state index contributed by atoms with van der Waals surface area (Å²) in [6.07, 6.45) is 1.02. The van der Waals surface area contributed by atoms with Gasteiger partial charge < -0.3 is 38.9 Å². The van der Waals surface area contributed by atoms with E-state index in [4.69, 9.17) is 38.9 Å². The molecule has 0 fully saturated rings. The molecule has 0 aliphatic heterocycles. The Kier molecular flexibility index (Phi) is 21.5. The second kappa shape index (κ2) is 22.2. The lowest BCUT2D eigenvalue weighted by atomic mass is 10.5. The van der Waals surface area contributed by atoms with Gasteiger partial charge in [-0.05, 0) is 6.42 Å². The van der Waals surface area contributed by atoms with E-state index in [0.717, 1.165) is 13.0 Å². The molecule has 1 amide bonds. The molecule has 0 saturated heterocycles. The van der Waals surface area contributed by atoms with E-state index in [0.29, 0.717) is 79.3 Å². The van der Waals surface area contributed by atoms with Gasteiger partial charge in [0.05, 0.1) is 79.3 Å². The number of hydrogen-bond donors (Lipinski definition) is 1. The molecule has 0 atom stereocenters. The number of carbonyl (C=O) groups is 1. The first kappa shape index (κ1) is 25.2. The molecule has 9 heteroatoms. The molecule has 0 spiro atoms. The molecular formula is C17H35NO8. The highest BCUT2D eigenvalue weighted by Gasteiger charge is 1.95. The van der Waals surface area contributed by atoms with Gasteiger partial charge in [0.2, 0.25) is 5.91 Å². The SMILES string of the molecule is CCCOCCOCCOCCOCCOCCOCCOCC(N)=O. The van der Waals surface area contributed by atoms with E-state index in [-0.39, 0.29) is 6.61 Å². The number of rotatable bonds is 22. The van der Waals surface area contributed by atoms with Gasteiger partial charge in [-0.15, -0.1) is 0 Å². The molecule has 0 aliphatic carbocycles. The number of amides is 1. The quantitative estimate of drug-likeness (QED) is 0.261. The lowest BCUT2D eigenvalue weighted by Crippen LogP contribution is -2.20. The van der Waals surface area contributed by atoms with Gasteiger partial charge >= 0.3 is 0 Å². The van der Waals surface area contributed by atoms with Gasteiger partial charge in [-0.2, -0.15) is 0 Å². The first-order chi connectivity index (χ1) is 12.8. The Balaban J connectivity index is 2.98. The minimum Gasteiger partial charge on any atom is -0.379 e. The van der Waals surface area contributed by atoms with Gasteiger partial charge in [0.25, 0.3) is 0 Å². The van der Waals surface area contributed by atoms with Crippen LogP contribution in [0, 0.1) is 0 Å². The molecule has 0 saturated carbocycles. The minimum absolute atomic E-state index is 0.0814. The fraction of sp³-hybridized carbons (Fsp3) is 0.941. The molecule has 0 aromatic rings. The highest BCUT2D eigenvalue weighted by atomic mass is 16.6. The molecule has 0 bridgehead atoms. The predicted octanol–water partition coefficient (Wildman–Crippen LogP) is -0.00210. The molecule has 0 aliphatic rings. The van der Waals surface area contributed by atoms with Crippen LogP contribution in [0.25, 0.3) is 0 Å². The lowest BCUT2D eigenvalue weighted by Gasteiger charge is -2.08. The first-order valence-electron chi connectivity index (χ1n) is 9.09. The van der Waals surface area contributed by atoms with Gasteiger partial charge in [-0.3, -0.25) is 4.79 Å². The van der Waals surface area contributed by atoms with E-state index in [2.05, 4.69) is 6.92 Å². The minimum atomic E-state index is -0.486. The second-order valence-corrected chi connectivity index (χ2v) is 5.19. The number of nitrogens with two attached hydrogens (primary N) is 1. The number of primary amides is 1. The van der Waals surface area contributed by atoms with Crippen molar-refractivity contribution in [1.29, 1.82) is 0 Å². The average molecular weight is 381 g/mol. The summed E-state index contributed by atoms with van der Waals surface area (Å²) < 4.78 is 36.9. The predicted molar refractivity (Wildman–Crippen MR) is 95.2 cm³/mol. The molecule has 0 unspecified atom stereocenters. The highest BCUT2D eigenvalue weighted by molar-refractivity contribution is 5.74. The Bertz CT molecular complexity index is 294. The van der Waals surface area contributed by atoms with E-state index in [1.807, 2.05) is 0 Å². The summed E-state index contributed by atoms with van der Waals surface area (Å²) in [6, 6.07) is 0. The zero-order valence-electron chi connectivity index (χ0n) is 15.9. The molecule has 0 aromatic heterocycles. The van der Waals surface area contributed by atoms with Crippen molar-refractivity contribution in [1.82, 2.24) is 0 Å². The van der Waals surface area contributed by atoms with E-state index in [1.165, 1.54) is 0 Å². The van der Waals surface area contributed by atoms with E-state index >= 15 is 0 Å². The van der Waals surface area contributed by atoms with Gasteiger partial charge in [0.15, 0.2) is 0 Å². The fourth-order valence-corrected chi connectivity index (χ4v) is 1.64. The zero-order chi connectivity index (χ0) is 19.1. The fourth-order valence-electron chi connectivity index (χ4n) is 1.64. The van der Waals surface area contributed by atoms with Gasteiger partial charge in [0.1, 0.15) is 6.61 Å². The first-order valence-corrected chi connectivity index (χ1v) is 9.09. The van der Waals surface area contributed by atoms with Crippen molar-refractivity contribution in [3.8, 4) is 0 Å². The van der Waals surface area contributed by atoms with Crippen LogP contribution in [0.5, 0.6) is 0 Å². The van der Waals surface area contributed by atoms with Crippen molar-refractivity contribution >= 4 is 5.91 Å². The number of ether oxygens (including phenoxy) is 7. The third-order valence-corrected chi connectivity index (χ3v) is 2.82. The van der Waals surface area contributed by atoms with Crippen LogP contribution in [0.15, 0.2) is 0 Å². The number of hydrogen-bond acceptors (Lipinski definition) is 8. The second-order valence-electron chi connectivity index (χ2n) is 5.19. The smallest absolute Gasteiger partial charge is 0.243 e. The molecule has 0 heterocycles. The maximum atomic E-state index is 10.4. The van der Waals surface area contributed by atoms with Crippen molar-refractivity contribution in [2.24, 2.45) is 5.73 Å². The number of carbonyl (C=O) groups excluding carboxylic acids is 1. The van der Waals surface area contributed by atoms with E-state index in [9.17, 15) is 4.79 Å². The summed E-state index contributed by atoms with van der Waals surface area (Å²) in [6.45, 7) is 8.87. The van der Waals surface area contributed by atoms with Crippen molar-refractivity contribution in [3.05, 3.63) is 0 Å². The Labute approximate surface area is 156 Å². The summed E-state index contributed by atoms with van der Waals surface area (Å²) in [5.41, 5.74) is 4.92. The monoisotopic (exact) mass is 381 g/mol. The Morgan fingerprint density at radius 1 is 0.538 bits per heavy atom. The van der Waals surface area contributed by atoms with Crippen molar-refractivity contribution in [2.45, 2.75) is 13.3 Å². The van der Waals surface area contributed by atoms with Crippen LogP contribution in [0.1, 0.15) is 13.3 Å². The molecule has 0 radical (unpaired) electrons. The van der Waals surface area contributed by atoms with Crippen LogP contribution in [-0.4, -0.2) is 98.4 Å². The van der Waals surface area contributed by atoms with E-state index in [1.54, 1.807) is 0 Å². The van der Waals surface area contributed by atoms with Crippen LogP contribution in [0.2, 0.25) is 0 Å². The maximum absolute atomic E-state index is 10.4. The summed E-state index contributed by atoms with van der Waals surface area (Å²) in [7, 11) is 0. The van der Waals surface area contributed by atoms with Crippen LogP contribution in [0.3, 0.4) is 0 Å². The molecule has 2 N–H and O–H groups in total. The standard InChI is InChI=1S/C17H35NO8/c1-2-3-20-4-5-21-6-7-22-8-9-23-10-11-24-12-13-25-14-15-26-16-17(18)19/h2-16H2,1H3,(H2,18,19). The average Bonchev–Trinajstić information content (AvgIpc) is 2.62. The van der Waals surface area contributed by atoms with Crippen LogP contribution >= 0.6 is 0 Å². The molecule has 26 heavy (non-hydrogen) atoms. The van der Waals surface area contributed by atoms with Crippen molar-refractivity contribution in [3.63, 3.8) is 0 Å². The van der Waals surface area contributed by atoms with Gasteiger partial charge in [-0.25, -0.2) is 0 Å². The largest absolute Gasteiger partial charge is 0.379 e. The molecule has 0 rings (SSSR count). The summed E-state index contributed by atoms with van der Waals surface area (Å²) in [5.74, 6) is -0.486. The van der Waals surface area contributed by atoms with Crippen LogP contribution in [-0.2, 0) is 38.0 Å². The molecule has 0 aromatic carbocycles.